The van der Waals surface area contributed by atoms with E-state index in [0.29, 0.717) is 13.1 Å². The Morgan fingerprint density at radius 1 is 1.40 bits per heavy atom. The highest BCUT2D eigenvalue weighted by molar-refractivity contribution is 14.1. The fourth-order valence-corrected chi connectivity index (χ4v) is 2.07. The van der Waals surface area contributed by atoms with E-state index in [1.807, 2.05) is 24.3 Å². The van der Waals surface area contributed by atoms with Gasteiger partial charge in [-0.2, -0.15) is 0 Å². The number of aliphatic hydroxyl groups is 1. The van der Waals surface area contributed by atoms with Crippen molar-refractivity contribution in [1.29, 1.82) is 0 Å². The number of amides is 1. The van der Waals surface area contributed by atoms with E-state index in [0.717, 1.165) is 5.56 Å². The minimum absolute atomic E-state index is 0.0426. The number of β-amino-alcohol motifs (C(OH)–C–C–N with tert-alkyl or cyclic N) is 1. The minimum Gasteiger partial charge on any atom is -0.391 e. The van der Waals surface area contributed by atoms with Gasteiger partial charge >= 0.3 is 0 Å². The molecule has 1 fully saturated rings. The topological polar surface area (TPSA) is 40.5 Å². The van der Waals surface area contributed by atoms with Gasteiger partial charge in [-0.05, 0) is 40.3 Å². The molecule has 0 saturated carbocycles. The second kappa shape index (κ2) is 4.49. The molecule has 1 aromatic carbocycles. The molecular formula is C11H12INO2. The number of hydrogen-bond acceptors (Lipinski definition) is 2. The smallest absolute Gasteiger partial charge is 0.225 e. The molecule has 0 radical (unpaired) electrons. The number of carbonyl (C=O) groups is 1. The molecule has 0 aliphatic carbocycles. The molecule has 1 atom stereocenters. The van der Waals surface area contributed by atoms with Crippen LogP contribution in [0.4, 0.5) is 0 Å². The highest BCUT2D eigenvalue weighted by atomic mass is 127. The van der Waals surface area contributed by atoms with Crippen LogP contribution in [0.2, 0.25) is 0 Å². The maximum Gasteiger partial charge on any atom is 0.225 e. The Kier molecular flexibility index (Phi) is 3.25. The van der Waals surface area contributed by atoms with Crippen LogP contribution in [0.1, 0.15) is 12.0 Å². The van der Waals surface area contributed by atoms with Gasteiger partial charge in [0.2, 0.25) is 5.91 Å². The summed E-state index contributed by atoms with van der Waals surface area (Å²) in [5.74, 6) is 0.0426. The third-order valence-corrected chi connectivity index (χ3v) is 3.20. The molecule has 1 saturated heterocycles. The summed E-state index contributed by atoms with van der Waals surface area (Å²) in [6.45, 7) is 1.07. The monoisotopic (exact) mass is 317 g/mol. The highest BCUT2D eigenvalue weighted by Crippen LogP contribution is 2.15. The summed E-state index contributed by atoms with van der Waals surface area (Å²) in [6.07, 6.45) is -0.217. The van der Waals surface area contributed by atoms with Crippen LogP contribution in [0.15, 0.2) is 24.3 Å². The molecule has 0 bridgehead atoms. The number of carbonyl (C=O) groups excluding carboxylic acids is 1. The minimum atomic E-state index is -0.485. The average Bonchev–Trinajstić information content (AvgIpc) is 2.49. The Morgan fingerprint density at radius 2 is 2.07 bits per heavy atom. The third-order valence-electron chi connectivity index (χ3n) is 2.48. The number of rotatable bonds is 2. The fourth-order valence-electron chi connectivity index (χ4n) is 1.71. The molecule has 4 heteroatoms. The van der Waals surface area contributed by atoms with Crippen LogP contribution >= 0.6 is 22.6 Å². The van der Waals surface area contributed by atoms with Gasteiger partial charge in [0.15, 0.2) is 0 Å². The number of aliphatic hydroxyl groups excluding tert-OH is 1. The Balaban J connectivity index is 2.03. The Hall–Kier alpha value is -0.620. The van der Waals surface area contributed by atoms with Crippen molar-refractivity contribution >= 4 is 28.5 Å². The lowest BCUT2D eigenvalue weighted by atomic mass is 10.2. The number of halogens is 1. The zero-order valence-electron chi connectivity index (χ0n) is 8.19. The lowest BCUT2D eigenvalue weighted by Gasteiger charge is -2.15. The van der Waals surface area contributed by atoms with E-state index >= 15 is 0 Å². The van der Waals surface area contributed by atoms with Crippen molar-refractivity contribution in [3.63, 3.8) is 0 Å². The van der Waals surface area contributed by atoms with Crippen LogP contribution < -0.4 is 0 Å². The molecule has 1 aliphatic rings. The SMILES string of the molecule is O=C1CC(O)CN1Cc1ccc(I)cc1. The molecule has 80 valence electrons. The zero-order chi connectivity index (χ0) is 10.8. The summed E-state index contributed by atoms with van der Waals surface area (Å²) in [5, 5.41) is 9.33. The Bertz CT molecular complexity index is 363. The van der Waals surface area contributed by atoms with Crippen LogP contribution in [0.5, 0.6) is 0 Å². The van der Waals surface area contributed by atoms with Crippen molar-refractivity contribution in [3.05, 3.63) is 33.4 Å². The first-order valence-electron chi connectivity index (χ1n) is 4.85. The predicted molar refractivity (Wildman–Crippen MR) is 65.2 cm³/mol. The first-order valence-corrected chi connectivity index (χ1v) is 5.93. The molecule has 1 heterocycles. The van der Waals surface area contributed by atoms with E-state index in [1.165, 1.54) is 3.57 Å². The van der Waals surface area contributed by atoms with Crippen LogP contribution in [0.3, 0.4) is 0 Å². The second-order valence-electron chi connectivity index (χ2n) is 3.76. The maximum atomic E-state index is 11.4. The van der Waals surface area contributed by atoms with Crippen molar-refractivity contribution < 1.29 is 9.90 Å². The molecule has 2 rings (SSSR count). The molecule has 1 aromatic rings. The summed E-state index contributed by atoms with van der Waals surface area (Å²) in [5.41, 5.74) is 1.11. The normalized spacial score (nSPS) is 21.1. The molecule has 0 spiro atoms. The van der Waals surface area contributed by atoms with Gasteiger partial charge in [-0.25, -0.2) is 0 Å². The molecule has 1 unspecified atom stereocenters. The summed E-state index contributed by atoms with van der Waals surface area (Å²) in [7, 11) is 0. The highest BCUT2D eigenvalue weighted by Gasteiger charge is 2.27. The molecule has 15 heavy (non-hydrogen) atoms. The van der Waals surface area contributed by atoms with Gasteiger partial charge in [0.25, 0.3) is 0 Å². The van der Waals surface area contributed by atoms with E-state index in [2.05, 4.69) is 22.6 Å². The molecule has 1 amide bonds. The number of benzene rings is 1. The van der Waals surface area contributed by atoms with Gasteiger partial charge in [0.05, 0.1) is 12.5 Å². The first-order chi connectivity index (χ1) is 7.15. The van der Waals surface area contributed by atoms with Gasteiger partial charge < -0.3 is 10.0 Å². The largest absolute Gasteiger partial charge is 0.391 e. The lowest BCUT2D eigenvalue weighted by molar-refractivity contribution is -0.128. The standard InChI is InChI=1S/C11H12INO2/c12-9-3-1-8(2-4-9)6-13-7-10(14)5-11(13)15/h1-4,10,14H,5-7H2. The van der Waals surface area contributed by atoms with Gasteiger partial charge in [-0.15, -0.1) is 0 Å². The van der Waals surface area contributed by atoms with Crippen LogP contribution in [0, 0.1) is 3.57 Å². The predicted octanol–water partition coefficient (Wildman–Crippen LogP) is 1.38. The van der Waals surface area contributed by atoms with E-state index in [1.54, 1.807) is 4.90 Å². The van der Waals surface area contributed by atoms with Crippen LogP contribution in [-0.2, 0) is 11.3 Å². The van der Waals surface area contributed by atoms with Gasteiger partial charge in [0, 0.05) is 16.7 Å². The van der Waals surface area contributed by atoms with Crippen LogP contribution in [0.25, 0.3) is 0 Å². The molecular weight excluding hydrogens is 305 g/mol. The summed E-state index contributed by atoms with van der Waals surface area (Å²) < 4.78 is 1.18. The van der Waals surface area contributed by atoms with Crippen molar-refractivity contribution in [1.82, 2.24) is 4.90 Å². The summed E-state index contributed by atoms with van der Waals surface area (Å²) >= 11 is 2.25. The van der Waals surface area contributed by atoms with E-state index < -0.39 is 6.10 Å². The number of hydrogen-bond donors (Lipinski definition) is 1. The van der Waals surface area contributed by atoms with E-state index in [9.17, 15) is 9.90 Å². The maximum absolute atomic E-state index is 11.4. The third kappa shape index (κ3) is 2.69. The van der Waals surface area contributed by atoms with E-state index in [-0.39, 0.29) is 12.3 Å². The molecule has 1 N–H and O–H groups in total. The molecule has 3 nitrogen and oxygen atoms in total. The Labute approximate surface area is 102 Å². The van der Waals surface area contributed by atoms with Gasteiger partial charge in [-0.3, -0.25) is 4.79 Å². The summed E-state index contributed by atoms with van der Waals surface area (Å²) in [4.78, 5) is 13.1. The number of likely N-dealkylation sites (tertiary alicyclic amines) is 1. The van der Waals surface area contributed by atoms with Crippen molar-refractivity contribution in [2.24, 2.45) is 0 Å². The lowest BCUT2D eigenvalue weighted by Crippen LogP contribution is -2.25. The van der Waals surface area contributed by atoms with Gasteiger partial charge in [-0.1, -0.05) is 12.1 Å². The van der Waals surface area contributed by atoms with Crippen molar-refractivity contribution in [2.75, 3.05) is 6.54 Å². The molecule has 1 aliphatic heterocycles. The zero-order valence-corrected chi connectivity index (χ0v) is 10.3. The fraction of sp³-hybridized carbons (Fsp3) is 0.364. The summed E-state index contributed by atoms with van der Waals surface area (Å²) in [6, 6.07) is 8.07. The van der Waals surface area contributed by atoms with Crippen molar-refractivity contribution in [3.8, 4) is 0 Å². The van der Waals surface area contributed by atoms with Crippen LogP contribution in [-0.4, -0.2) is 28.6 Å². The first kappa shape index (κ1) is 10.9. The average molecular weight is 317 g/mol. The Morgan fingerprint density at radius 3 is 2.60 bits per heavy atom. The van der Waals surface area contributed by atoms with Gasteiger partial charge in [0.1, 0.15) is 0 Å². The van der Waals surface area contributed by atoms with Crippen molar-refractivity contribution in [2.45, 2.75) is 19.1 Å². The quantitative estimate of drug-likeness (QED) is 0.838. The van der Waals surface area contributed by atoms with E-state index in [4.69, 9.17) is 0 Å². The molecule has 0 aromatic heterocycles. The number of nitrogens with zero attached hydrogens (tertiary/aromatic N) is 1. The second-order valence-corrected chi connectivity index (χ2v) is 5.00.